The maximum Gasteiger partial charge on any atom is 0.409 e. The van der Waals surface area contributed by atoms with Gasteiger partial charge in [0.05, 0.1) is 19.1 Å². The lowest BCUT2D eigenvalue weighted by Crippen LogP contribution is -2.53. The molecule has 1 aliphatic carbocycles. The number of fused-ring (bicyclic) bond motifs is 1. The Morgan fingerprint density at radius 1 is 0.985 bits per heavy atom. The number of likely N-dealkylation sites (tertiary alicyclic amines) is 1. The average molecular weight is 939 g/mol. The van der Waals surface area contributed by atoms with Gasteiger partial charge in [-0.1, -0.05) is 31.0 Å². The predicted molar refractivity (Wildman–Crippen MR) is 251 cm³/mol. The van der Waals surface area contributed by atoms with E-state index in [1.54, 1.807) is 24.3 Å². The molecule has 0 spiro atoms. The lowest BCUT2D eigenvalue weighted by atomic mass is 10.1. The zero-order chi connectivity index (χ0) is 47.6. The number of rotatable bonds is 19. The highest BCUT2D eigenvalue weighted by molar-refractivity contribution is 7.96. The molecule has 67 heavy (non-hydrogen) atoms. The molecule has 2 radical (unpaired) electrons. The molecule has 3 aliphatic heterocycles. The number of piperazine rings is 1. The number of amides is 8. The molecule has 0 bridgehead atoms. The molecule has 4 heterocycles. The minimum Gasteiger partial charge on any atom is -0.445 e. The van der Waals surface area contributed by atoms with Gasteiger partial charge in [0.1, 0.15) is 18.2 Å². The van der Waals surface area contributed by atoms with E-state index in [4.69, 9.17) is 18.5 Å². The smallest absolute Gasteiger partial charge is 0.409 e. The Kier molecular flexibility index (Phi) is 16.0. The van der Waals surface area contributed by atoms with Crippen LogP contribution in [0.2, 0.25) is 0 Å². The minimum absolute atomic E-state index is 0.0267. The number of nitrogens with two attached hydrogens (primary N) is 1. The summed E-state index contributed by atoms with van der Waals surface area (Å²) in [5.41, 5.74) is 10.9. The van der Waals surface area contributed by atoms with Gasteiger partial charge in [-0.25, -0.2) is 23.9 Å². The fourth-order valence-electron chi connectivity index (χ4n) is 7.88. The summed E-state index contributed by atoms with van der Waals surface area (Å²) in [6.07, 6.45) is 2.83. The number of carbonyl (C=O) groups is 7. The second-order valence-corrected chi connectivity index (χ2v) is 17.8. The van der Waals surface area contributed by atoms with Crippen LogP contribution < -0.4 is 42.1 Å². The van der Waals surface area contributed by atoms with Crippen LogP contribution in [0.15, 0.2) is 54.7 Å². The van der Waals surface area contributed by atoms with Crippen molar-refractivity contribution in [1.82, 2.24) is 45.1 Å². The second-order valence-electron chi connectivity index (χ2n) is 16.4. The van der Waals surface area contributed by atoms with E-state index in [0.717, 1.165) is 56.1 Å². The molecule has 354 valence electrons. The Morgan fingerprint density at radius 2 is 1.70 bits per heavy atom. The van der Waals surface area contributed by atoms with E-state index in [9.17, 15) is 33.6 Å². The van der Waals surface area contributed by atoms with Crippen molar-refractivity contribution < 1.29 is 38.3 Å². The monoisotopic (exact) mass is 938 g/mol. The first-order valence-electron chi connectivity index (χ1n) is 22.2. The van der Waals surface area contributed by atoms with Crippen LogP contribution >= 0.6 is 11.9 Å². The van der Waals surface area contributed by atoms with Gasteiger partial charge in [-0.2, -0.15) is 4.98 Å². The fourth-order valence-corrected chi connectivity index (χ4v) is 8.66. The van der Waals surface area contributed by atoms with Crippen molar-refractivity contribution in [3.63, 3.8) is 0 Å². The molecule has 7 rings (SSSR count). The third-order valence-corrected chi connectivity index (χ3v) is 12.6. The number of benzene rings is 2. The summed E-state index contributed by atoms with van der Waals surface area (Å²) in [6.45, 7) is 5.87. The number of hydrazine groups is 1. The molecule has 8 amide bonds. The van der Waals surface area contributed by atoms with Crippen LogP contribution in [0, 0.1) is 0 Å². The number of hydrogen-bond donors (Lipinski definition) is 6. The number of primary amides is 1. The van der Waals surface area contributed by atoms with Crippen LogP contribution in [-0.2, 0) is 30.5 Å². The van der Waals surface area contributed by atoms with Crippen LogP contribution in [0.5, 0.6) is 0 Å². The molecule has 24 heteroatoms. The van der Waals surface area contributed by atoms with E-state index in [1.807, 2.05) is 24.1 Å². The van der Waals surface area contributed by atoms with Crippen molar-refractivity contribution in [2.24, 2.45) is 5.73 Å². The summed E-state index contributed by atoms with van der Waals surface area (Å²) in [5, 5.41) is 11.9. The van der Waals surface area contributed by atoms with Gasteiger partial charge < -0.3 is 46.3 Å². The molecule has 4 aliphatic rings. The van der Waals surface area contributed by atoms with Crippen molar-refractivity contribution in [1.29, 1.82) is 0 Å². The van der Waals surface area contributed by atoms with Crippen molar-refractivity contribution in [2.75, 3.05) is 85.6 Å². The van der Waals surface area contributed by atoms with Gasteiger partial charge in [0.15, 0.2) is 13.8 Å². The van der Waals surface area contributed by atoms with Gasteiger partial charge >= 0.3 is 12.1 Å². The zero-order valence-corrected chi connectivity index (χ0v) is 38.3. The van der Waals surface area contributed by atoms with Gasteiger partial charge in [0, 0.05) is 87.8 Å². The molecule has 2 aromatic carbocycles. The number of carbonyl (C=O) groups excluding carboxylic acids is 7. The van der Waals surface area contributed by atoms with Crippen molar-refractivity contribution in [3.05, 3.63) is 65.9 Å². The molecule has 2 saturated heterocycles. The summed E-state index contributed by atoms with van der Waals surface area (Å²) in [5.74, 6) is -1.34. The number of anilines is 5. The highest BCUT2D eigenvalue weighted by atomic mass is 32.2. The molecule has 1 saturated carbocycles. The molecular formula is C43H55BN14O8S. The number of ether oxygens (including phenoxy) is 1. The lowest BCUT2D eigenvalue weighted by molar-refractivity contribution is -0.140. The first kappa shape index (κ1) is 48.3. The molecule has 22 nitrogen and oxygen atoms in total. The van der Waals surface area contributed by atoms with Crippen LogP contribution in [0.1, 0.15) is 54.9 Å². The van der Waals surface area contributed by atoms with E-state index in [-0.39, 0.29) is 62.6 Å². The summed E-state index contributed by atoms with van der Waals surface area (Å²) in [7, 11) is 6.94. The van der Waals surface area contributed by atoms with Crippen LogP contribution in [-0.4, -0.2) is 162 Å². The molecular weight excluding hydrogens is 883 g/mol. The van der Waals surface area contributed by atoms with E-state index in [1.165, 1.54) is 33.0 Å². The zero-order valence-electron chi connectivity index (χ0n) is 37.4. The summed E-state index contributed by atoms with van der Waals surface area (Å²) in [6, 6.07) is 12.0. The second kappa shape index (κ2) is 22.2. The normalized spacial score (nSPS) is 17.8. The number of nitrogens with zero attached hydrogens (tertiary/aromatic N) is 8. The van der Waals surface area contributed by atoms with Crippen LogP contribution in [0.25, 0.3) is 0 Å². The van der Waals surface area contributed by atoms with E-state index in [0.29, 0.717) is 24.1 Å². The highest BCUT2D eigenvalue weighted by Gasteiger charge is 2.42. The SMILES string of the molecule is [B]NC(CC(N)=O)C(=O)N1CCCC1C(=O)NCC(=O)Nc1ccc(COC(=O)N(C)CCN2NC(=O)c3cnc(Nc4ccc(N5CCN(SCC)CC5)cc4)nc3N(C3CC3)C2=O)cc1. The standard InChI is InChI=1S/C43H55BN14O8S/c1-3-67-55-20-18-54(19-21-55)30-12-10-29(11-13-30)49-41-47-24-32-37(50-41)58(31-14-15-31)42(64)57(52-38(32)61)22-17-53(2)43(65)66-26-27-6-8-28(9-7-27)48-36(60)25-46-39(62)34-5-4-16-56(34)40(63)33(51-44)23-35(45)59/h6-13,24,31,33-34,51H,3-5,14-23,25-26H2,1-2H3,(H2,45,59)(H,46,62)(H,48,60)(H,52,61)(H,47,49,50). The maximum absolute atomic E-state index is 14.0. The molecule has 1 aromatic heterocycles. The Hall–Kier alpha value is -6.66. The van der Waals surface area contributed by atoms with Gasteiger partial charge in [-0.05, 0) is 67.6 Å². The quantitative estimate of drug-likeness (QED) is 0.0731. The number of likely N-dealkylation sites (N-methyl/N-ethyl adjacent to an activating group) is 1. The minimum atomic E-state index is -1.07. The number of nitrogens with one attached hydrogen (secondary N) is 5. The highest BCUT2D eigenvalue weighted by Crippen LogP contribution is 2.35. The van der Waals surface area contributed by atoms with E-state index >= 15 is 0 Å². The van der Waals surface area contributed by atoms with Crippen LogP contribution in [0.3, 0.4) is 0 Å². The van der Waals surface area contributed by atoms with E-state index in [2.05, 4.69) is 64.8 Å². The average Bonchev–Trinajstić information content (AvgIpc) is 4.05. The lowest BCUT2D eigenvalue weighted by Gasteiger charge is -2.35. The van der Waals surface area contributed by atoms with Crippen molar-refractivity contribution in [3.8, 4) is 0 Å². The topological polar surface area (TPSA) is 260 Å². The van der Waals surface area contributed by atoms with Gasteiger partial charge in [0.25, 0.3) is 5.91 Å². The predicted octanol–water partition coefficient (Wildman–Crippen LogP) is 1.29. The first-order valence-corrected chi connectivity index (χ1v) is 23.1. The summed E-state index contributed by atoms with van der Waals surface area (Å²) < 4.78 is 7.89. The Labute approximate surface area is 393 Å². The van der Waals surface area contributed by atoms with Gasteiger partial charge in [0.2, 0.25) is 29.6 Å². The first-order chi connectivity index (χ1) is 32.3. The Bertz CT molecular complexity index is 2300. The number of urea groups is 1. The van der Waals surface area contributed by atoms with Gasteiger partial charge in [-0.15, -0.1) is 0 Å². The third kappa shape index (κ3) is 12.4. The molecule has 3 aromatic rings. The number of aromatic nitrogens is 2. The Balaban J connectivity index is 0.857. The van der Waals surface area contributed by atoms with Crippen LogP contribution in [0.4, 0.5) is 38.4 Å². The summed E-state index contributed by atoms with van der Waals surface area (Å²) >= 11 is 1.87. The molecule has 2 unspecified atom stereocenters. The number of hydrogen-bond acceptors (Lipinski definition) is 15. The Morgan fingerprint density at radius 3 is 2.37 bits per heavy atom. The van der Waals surface area contributed by atoms with Gasteiger partial charge in [-0.3, -0.25) is 34.3 Å². The van der Waals surface area contributed by atoms with E-state index < -0.39 is 53.7 Å². The third-order valence-electron chi connectivity index (χ3n) is 11.6. The van der Waals surface area contributed by atoms with Crippen molar-refractivity contribution in [2.45, 2.75) is 63.8 Å². The van der Waals surface area contributed by atoms with Crippen molar-refractivity contribution >= 4 is 90.4 Å². The maximum atomic E-state index is 14.0. The molecule has 3 fully saturated rings. The largest absolute Gasteiger partial charge is 0.445 e. The molecule has 7 N–H and O–H groups in total. The summed E-state index contributed by atoms with van der Waals surface area (Å²) in [4.78, 5) is 106. The molecule has 2 atom stereocenters. The fraction of sp³-hybridized carbons (Fsp3) is 0.465.